The van der Waals surface area contributed by atoms with Gasteiger partial charge in [-0.25, -0.2) is 0 Å². The number of furan rings is 1. The molecule has 2 heterocycles. The molecule has 0 aliphatic carbocycles. The third kappa shape index (κ3) is 3.87. The number of carbonyl (C=O) groups is 2. The maximum atomic E-state index is 12.6. The van der Waals surface area contributed by atoms with E-state index in [1.54, 1.807) is 47.2 Å². The number of methoxy groups -OCH3 is 1. The number of benzene rings is 1. The zero-order valence-electron chi connectivity index (χ0n) is 14.2. The van der Waals surface area contributed by atoms with Gasteiger partial charge in [-0.15, -0.1) is 0 Å². The number of carbonyl (C=O) groups excluding carboxylic acids is 2. The standard InChI is InChI=1S/C18H18Cl2N2O4/c1-25-11-12-5-6-15(26-12)18(24)22-9-7-21(8-10-22)17(23)13-3-2-4-14(19)16(13)20/h2-6H,7-11H2,1H3. The largest absolute Gasteiger partial charge is 0.453 e. The SMILES string of the molecule is COCc1ccc(C(=O)N2CCN(C(=O)c3cccc(Cl)c3Cl)CC2)o1. The zero-order valence-corrected chi connectivity index (χ0v) is 15.7. The highest BCUT2D eigenvalue weighted by molar-refractivity contribution is 6.43. The molecule has 2 amide bonds. The summed E-state index contributed by atoms with van der Waals surface area (Å²) in [5, 5.41) is 0.593. The number of amides is 2. The molecule has 0 radical (unpaired) electrons. The first kappa shape index (κ1) is 18.8. The summed E-state index contributed by atoms with van der Waals surface area (Å²) >= 11 is 12.1. The monoisotopic (exact) mass is 396 g/mol. The molecule has 6 nitrogen and oxygen atoms in total. The summed E-state index contributed by atoms with van der Waals surface area (Å²) in [6.07, 6.45) is 0. The van der Waals surface area contributed by atoms with Crippen molar-refractivity contribution >= 4 is 35.0 Å². The van der Waals surface area contributed by atoms with Crippen LogP contribution in [0.1, 0.15) is 26.7 Å². The molecule has 1 fully saturated rings. The van der Waals surface area contributed by atoms with Crippen molar-refractivity contribution in [2.24, 2.45) is 0 Å². The van der Waals surface area contributed by atoms with E-state index in [9.17, 15) is 9.59 Å². The Labute approximate surface area is 161 Å². The van der Waals surface area contributed by atoms with Crippen molar-refractivity contribution in [3.63, 3.8) is 0 Å². The maximum absolute atomic E-state index is 12.6. The minimum Gasteiger partial charge on any atom is -0.453 e. The van der Waals surface area contributed by atoms with Gasteiger partial charge < -0.3 is 19.0 Å². The maximum Gasteiger partial charge on any atom is 0.289 e. The van der Waals surface area contributed by atoms with E-state index in [1.807, 2.05) is 0 Å². The van der Waals surface area contributed by atoms with Crippen molar-refractivity contribution in [2.75, 3.05) is 33.3 Å². The molecule has 1 aliphatic rings. The fraction of sp³-hybridized carbons (Fsp3) is 0.333. The second-order valence-corrected chi connectivity index (χ2v) is 6.67. The Morgan fingerprint density at radius 2 is 1.69 bits per heavy atom. The van der Waals surface area contributed by atoms with E-state index in [4.69, 9.17) is 32.4 Å². The van der Waals surface area contributed by atoms with Gasteiger partial charge in [0.25, 0.3) is 11.8 Å². The summed E-state index contributed by atoms with van der Waals surface area (Å²) in [6.45, 7) is 1.99. The molecule has 1 aliphatic heterocycles. The summed E-state index contributed by atoms with van der Waals surface area (Å²) in [5.41, 5.74) is 0.370. The second-order valence-electron chi connectivity index (χ2n) is 5.88. The van der Waals surface area contributed by atoms with Gasteiger partial charge in [-0.2, -0.15) is 0 Å². The van der Waals surface area contributed by atoms with Crippen LogP contribution in [-0.2, 0) is 11.3 Å². The first-order valence-electron chi connectivity index (χ1n) is 8.11. The minimum atomic E-state index is -0.194. The highest BCUT2D eigenvalue weighted by Gasteiger charge is 2.28. The normalized spacial score (nSPS) is 14.6. The van der Waals surface area contributed by atoms with Gasteiger partial charge in [-0.3, -0.25) is 9.59 Å². The van der Waals surface area contributed by atoms with Gasteiger partial charge in [0.05, 0.1) is 15.6 Å². The lowest BCUT2D eigenvalue weighted by atomic mass is 10.1. The smallest absolute Gasteiger partial charge is 0.289 e. The zero-order chi connectivity index (χ0) is 18.7. The average molecular weight is 397 g/mol. The number of hydrogen-bond acceptors (Lipinski definition) is 4. The number of hydrogen-bond donors (Lipinski definition) is 0. The van der Waals surface area contributed by atoms with Crippen LogP contribution in [0.2, 0.25) is 10.0 Å². The van der Waals surface area contributed by atoms with Gasteiger partial charge in [0.1, 0.15) is 12.4 Å². The number of nitrogens with zero attached hydrogens (tertiary/aromatic N) is 2. The number of piperazine rings is 1. The van der Waals surface area contributed by atoms with Gasteiger partial charge in [-0.1, -0.05) is 29.3 Å². The van der Waals surface area contributed by atoms with Crippen molar-refractivity contribution in [1.82, 2.24) is 9.80 Å². The van der Waals surface area contributed by atoms with E-state index in [0.717, 1.165) is 0 Å². The van der Waals surface area contributed by atoms with Gasteiger partial charge in [0.15, 0.2) is 5.76 Å². The Hall–Kier alpha value is -2.02. The van der Waals surface area contributed by atoms with E-state index >= 15 is 0 Å². The Morgan fingerprint density at radius 3 is 2.35 bits per heavy atom. The summed E-state index contributed by atoms with van der Waals surface area (Å²) in [7, 11) is 1.56. The molecule has 0 spiro atoms. The van der Waals surface area contributed by atoms with E-state index in [0.29, 0.717) is 49.1 Å². The third-order valence-electron chi connectivity index (χ3n) is 4.20. The Bertz CT molecular complexity index is 813. The predicted molar refractivity (Wildman–Crippen MR) is 97.7 cm³/mol. The van der Waals surface area contributed by atoms with E-state index in [-0.39, 0.29) is 22.6 Å². The molecule has 0 unspecified atom stereocenters. The summed E-state index contributed by atoms with van der Waals surface area (Å²) in [4.78, 5) is 28.5. The highest BCUT2D eigenvalue weighted by atomic mass is 35.5. The Kier molecular flexibility index (Phi) is 5.86. The molecule has 1 aromatic carbocycles. The molecule has 26 heavy (non-hydrogen) atoms. The Morgan fingerprint density at radius 1 is 1.04 bits per heavy atom. The van der Waals surface area contributed by atoms with Gasteiger partial charge >= 0.3 is 0 Å². The summed E-state index contributed by atoms with van der Waals surface area (Å²) in [5.74, 6) is 0.486. The van der Waals surface area contributed by atoms with Crippen molar-refractivity contribution < 1.29 is 18.7 Å². The third-order valence-corrected chi connectivity index (χ3v) is 5.01. The van der Waals surface area contributed by atoms with Crippen LogP contribution in [0.3, 0.4) is 0 Å². The fourth-order valence-electron chi connectivity index (χ4n) is 2.82. The van der Waals surface area contributed by atoms with Crippen LogP contribution < -0.4 is 0 Å². The van der Waals surface area contributed by atoms with Crippen LogP contribution in [0.25, 0.3) is 0 Å². The average Bonchev–Trinajstić information content (AvgIpc) is 3.12. The van der Waals surface area contributed by atoms with E-state index in [1.165, 1.54) is 0 Å². The minimum absolute atomic E-state index is 0.190. The van der Waals surface area contributed by atoms with Crippen LogP contribution in [0, 0.1) is 0 Å². The predicted octanol–water partition coefficient (Wildman–Crippen LogP) is 3.33. The molecule has 0 atom stereocenters. The lowest BCUT2D eigenvalue weighted by Gasteiger charge is -2.34. The van der Waals surface area contributed by atoms with Gasteiger partial charge in [0.2, 0.25) is 0 Å². The quantitative estimate of drug-likeness (QED) is 0.794. The lowest BCUT2D eigenvalue weighted by molar-refractivity contribution is 0.0514. The first-order valence-corrected chi connectivity index (χ1v) is 8.87. The molecule has 1 aromatic heterocycles. The lowest BCUT2D eigenvalue weighted by Crippen LogP contribution is -2.50. The molecular formula is C18H18Cl2N2O4. The number of ether oxygens (including phenoxy) is 1. The van der Waals surface area contributed by atoms with Crippen molar-refractivity contribution in [2.45, 2.75) is 6.61 Å². The fourth-order valence-corrected chi connectivity index (χ4v) is 3.20. The molecule has 8 heteroatoms. The topological polar surface area (TPSA) is 63.0 Å². The second kappa shape index (κ2) is 8.12. The Balaban J connectivity index is 1.62. The molecule has 2 aromatic rings. The molecule has 0 saturated carbocycles. The molecule has 1 saturated heterocycles. The number of halogens is 2. The van der Waals surface area contributed by atoms with Crippen LogP contribution in [0.4, 0.5) is 0 Å². The summed E-state index contributed by atoms with van der Waals surface area (Å²) < 4.78 is 10.5. The van der Waals surface area contributed by atoms with Gasteiger partial charge in [0, 0.05) is 33.3 Å². The van der Waals surface area contributed by atoms with Crippen LogP contribution >= 0.6 is 23.2 Å². The molecule has 0 N–H and O–H groups in total. The van der Waals surface area contributed by atoms with Crippen molar-refractivity contribution in [3.8, 4) is 0 Å². The molecule has 0 bridgehead atoms. The van der Waals surface area contributed by atoms with Crippen molar-refractivity contribution in [3.05, 3.63) is 57.5 Å². The molecular weight excluding hydrogens is 379 g/mol. The van der Waals surface area contributed by atoms with Crippen LogP contribution in [0.5, 0.6) is 0 Å². The summed E-state index contributed by atoms with van der Waals surface area (Å²) in [6, 6.07) is 8.33. The van der Waals surface area contributed by atoms with Gasteiger partial charge in [-0.05, 0) is 24.3 Å². The van der Waals surface area contributed by atoms with Crippen molar-refractivity contribution in [1.29, 1.82) is 0 Å². The molecule has 138 valence electrons. The van der Waals surface area contributed by atoms with E-state index < -0.39 is 0 Å². The number of rotatable bonds is 4. The van der Waals surface area contributed by atoms with E-state index in [2.05, 4.69) is 0 Å². The van der Waals surface area contributed by atoms with Crippen LogP contribution in [0.15, 0.2) is 34.7 Å². The molecule has 3 rings (SSSR count). The van der Waals surface area contributed by atoms with Crippen LogP contribution in [-0.4, -0.2) is 54.9 Å². The highest BCUT2D eigenvalue weighted by Crippen LogP contribution is 2.27. The first-order chi connectivity index (χ1) is 12.5.